The number of hydrogen-bond acceptors (Lipinski definition) is 3. The number of carbonyl (C=O) groups excluding carboxylic acids is 1. The summed E-state index contributed by atoms with van der Waals surface area (Å²) in [6.45, 7) is 6.84. The zero-order chi connectivity index (χ0) is 15.0. The quantitative estimate of drug-likeness (QED) is 0.806. The van der Waals surface area contributed by atoms with Gasteiger partial charge in [-0.05, 0) is 37.3 Å². The summed E-state index contributed by atoms with van der Waals surface area (Å²) in [6, 6.07) is 6.29. The lowest BCUT2D eigenvalue weighted by Crippen LogP contribution is -2.41. The molecule has 0 radical (unpaired) electrons. The third-order valence-corrected chi connectivity index (χ3v) is 5.85. The van der Waals surface area contributed by atoms with E-state index in [-0.39, 0.29) is 16.1 Å². The Labute approximate surface area is 120 Å². The van der Waals surface area contributed by atoms with Crippen LogP contribution in [0.2, 0.25) is 0 Å². The topological polar surface area (TPSA) is 54.5 Å². The number of rotatable bonds is 3. The van der Waals surface area contributed by atoms with Crippen molar-refractivity contribution in [1.29, 1.82) is 0 Å². The van der Waals surface area contributed by atoms with E-state index < -0.39 is 10.0 Å². The van der Waals surface area contributed by atoms with Crippen LogP contribution in [0.3, 0.4) is 0 Å². The first-order chi connectivity index (χ1) is 9.22. The molecule has 0 atom stereocenters. The summed E-state index contributed by atoms with van der Waals surface area (Å²) in [5.41, 5.74) is 0.635. The molecule has 1 aliphatic heterocycles. The average molecular weight is 295 g/mol. The predicted octanol–water partition coefficient (Wildman–Crippen LogP) is 2.70. The van der Waals surface area contributed by atoms with E-state index in [4.69, 9.17) is 0 Å². The maximum Gasteiger partial charge on any atom is 0.243 e. The van der Waals surface area contributed by atoms with Crippen LogP contribution < -0.4 is 0 Å². The van der Waals surface area contributed by atoms with Gasteiger partial charge < -0.3 is 0 Å². The van der Waals surface area contributed by atoms with Crippen molar-refractivity contribution in [3.63, 3.8) is 0 Å². The molecule has 1 aliphatic rings. The normalized spacial score (nSPS) is 19.8. The molecule has 1 heterocycles. The number of benzene rings is 1. The molecule has 1 saturated heterocycles. The zero-order valence-electron chi connectivity index (χ0n) is 12.2. The zero-order valence-corrected chi connectivity index (χ0v) is 13.0. The van der Waals surface area contributed by atoms with Gasteiger partial charge in [0.15, 0.2) is 5.78 Å². The first-order valence-electron chi connectivity index (χ1n) is 6.84. The van der Waals surface area contributed by atoms with Crippen LogP contribution in [0.25, 0.3) is 0 Å². The maximum absolute atomic E-state index is 12.6. The fourth-order valence-electron chi connectivity index (χ4n) is 2.36. The van der Waals surface area contributed by atoms with Gasteiger partial charge in [0, 0.05) is 18.7 Å². The summed E-state index contributed by atoms with van der Waals surface area (Å²) in [5, 5.41) is 0. The highest BCUT2D eigenvalue weighted by molar-refractivity contribution is 7.89. The van der Waals surface area contributed by atoms with E-state index in [1.807, 2.05) is 0 Å². The van der Waals surface area contributed by atoms with Crippen LogP contribution >= 0.6 is 0 Å². The molecule has 20 heavy (non-hydrogen) atoms. The molecule has 1 aromatic carbocycles. The molecule has 0 unspecified atom stereocenters. The van der Waals surface area contributed by atoms with Crippen molar-refractivity contribution in [3.8, 4) is 0 Å². The van der Waals surface area contributed by atoms with Crippen LogP contribution in [0.4, 0.5) is 0 Å². The molecule has 110 valence electrons. The van der Waals surface area contributed by atoms with Gasteiger partial charge in [0.2, 0.25) is 10.0 Å². The van der Waals surface area contributed by atoms with Crippen LogP contribution in [-0.4, -0.2) is 31.6 Å². The van der Waals surface area contributed by atoms with Gasteiger partial charge in [-0.3, -0.25) is 4.79 Å². The van der Waals surface area contributed by atoms with Gasteiger partial charge in [-0.1, -0.05) is 26.0 Å². The van der Waals surface area contributed by atoms with Gasteiger partial charge in [0.1, 0.15) is 0 Å². The van der Waals surface area contributed by atoms with Gasteiger partial charge >= 0.3 is 0 Å². The van der Waals surface area contributed by atoms with E-state index in [0.717, 1.165) is 12.8 Å². The van der Waals surface area contributed by atoms with Gasteiger partial charge in [-0.2, -0.15) is 4.31 Å². The Balaban J connectivity index is 2.27. The summed E-state index contributed by atoms with van der Waals surface area (Å²) in [6.07, 6.45) is 1.72. The fraction of sp³-hybridized carbons (Fsp3) is 0.533. The Hall–Kier alpha value is -1.20. The van der Waals surface area contributed by atoms with Crippen molar-refractivity contribution in [1.82, 2.24) is 4.31 Å². The Kier molecular flexibility index (Phi) is 4.02. The molecule has 0 bridgehead atoms. The molecule has 0 spiro atoms. The molecular weight excluding hydrogens is 274 g/mol. The van der Waals surface area contributed by atoms with Crippen molar-refractivity contribution in [3.05, 3.63) is 29.8 Å². The molecule has 5 heteroatoms. The SMILES string of the molecule is CC(=O)c1cccc(S(=O)(=O)N2CCC(C)(C)CC2)c1. The lowest BCUT2D eigenvalue weighted by molar-refractivity contribution is 0.101. The molecule has 1 aromatic rings. The van der Waals surface area contributed by atoms with Crippen LogP contribution in [0, 0.1) is 5.41 Å². The number of carbonyl (C=O) groups is 1. The molecule has 0 aliphatic carbocycles. The minimum Gasteiger partial charge on any atom is -0.295 e. The monoisotopic (exact) mass is 295 g/mol. The van der Waals surface area contributed by atoms with E-state index in [2.05, 4.69) is 13.8 Å². The third-order valence-electron chi connectivity index (χ3n) is 3.95. The Morgan fingerprint density at radius 1 is 1.20 bits per heavy atom. The van der Waals surface area contributed by atoms with E-state index in [1.54, 1.807) is 18.2 Å². The number of ketones is 1. The van der Waals surface area contributed by atoms with Crippen LogP contribution in [0.1, 0.15) is 44.0 Å². The largest absolute Gasteiger partial charge is 0.295 e. The van der Waals surface area contributed by atoms with Crippen LogP contribution in [-0.2, 0) is 10.0 Å². The van der Waals surface area contributed by atoms with Gasteiger partial charge in [-0.25, -0.2) is 8.42 Å². The summed E-state index contributed by atoms with van der Waals surface area (Å²) in [5.74, 6) is -0.123. The molecule has 0 N–H and O–H groups in total. The highest BCUT2D eigenvalue weighted by atomic mass is 32.2. The van der Waals surface area contributed by atoms with Crippen LogP contribution in [0.15, 0.2) is 29.2 Å². The first kappa shape index (κ1) is 15.2. The Morgan fingerprint density at radius 3 is 2.35 bits per heavy atom. The van der Waals surface area contributed by atoms with Crippen molar-refractivity contribution in [2.45, 2.75) is 38.5 Å². The van der Waals surface area contributed by atoms with Crippen molar-refractivity contribution in [2.24, 2.45) is 5.41 Å². The smallest absolute Gasteiger partial charge is 0.243 e. The number of nitrogens with zero attached hydrogens (tertiary/aromatic N) is 1. The molecule has 2 rings (SSSR count). The highest BCUT2D eigenvalue weighted by Gasteiger charge is 2.32. The average Bonchev–Trinajstić information content (AvgIpc) is 2.38. The van der Waals surface area contributed by atoms with Crippen LogP contribution in [0.5, 0.6) is 0 Å². The van der Waals surface area contributed by atoms with Crippen molar-refractivity contribution < 1.29 is 13.2 Å². The van der Waals surface area contributed by atoms with Gasteiger partial charge in [0.25, 0.3) is 0 Å². The number of hydrogen-bond donors (Lipinski definition) is 0. The fourth-order valence-corrected chi connectivity index (χ4v) is 3.84. The molecule has 4 nitrogen and oxygen atoms in total. The molecule has 1 fully saturated rings. The second-order valence-electron chi connectivity index (χ2n) is 6.15. The summed E-state index contributed by atoms with van der Waals surface area (Å²) < 4.78 is 26.7. The Bertz CT molecular complexity index is 610. The predicted molar refractivity (Wildman–Crippen MR) is 78.2 cm³/mol. The first-order valence-corrected chi connectivity index (χ1v) is 8.28. The minimum absolute atomic E-state index is 0.123. The lowest BCUT2D eigenvalue weighted by atomic mass is 9.83. The standard InChI is InChI=1S/C15H21NO3S/c1-12(17)13-5-4-6-14(11-13)20(18,19)16-9-7-15(2,3)8-10-16/h4-6,11H,7-10H2,1-3H3. The third kappa shape index (κ3) is 3.10. The number of Topliss-reactive ketones (excluding diaryl/α,β-unsaturated/α-hetero) is 1. The second kappa shape index (κ2) is 5.30. The summed E-state index contributed by atoms with van der Waals surface area (Å²) in [7, 11) is -3.49. The van der Waals surface area contributed by atoms with E-state index in [0.29, 0.717) is 18.7 Å². The molecule has 0 saturated carbocycles. The number of piperidine rings is 1. The molecule has 0 aromatic heterocycles. The summed E-state index contributed by atoms with van der Waals surface area (Å²) >= 11 is 0. The minimum atomic E-state index is -3.49. The Morgan fingerprint density at radius 2 is 1.80 bits per heavy atom. The molecule has 0 amide bonds. The van der Waals surface area contributed by atoms with Gasteiger partial charge in [0.05, 0.1) is 4.90 Å². The highest BCUT2D eigenvalue weighted by Crippen LogP contribution is 2.32. The van der Waals surface area contributed by atoms with Crippen molar-refractivity contribution in [2.75, 3.05) is 13.1 Å². The van der Waals surface area contributed by atoms with Gasteiger partial charge in [-0.15, -0.1) is 0 Å². The summed E-state index contributed by atoms with van der Waals surface area (Å²) in [4.78, 5) is 11.6. The lowest BCUT2D eigenvalue weighted by Gasteiger charge is -2.36. The van der Waals surface area contributed by atoms with E-state index in [9.17, 15) is 13.2 Å². The second-order valence-corrected chi connectivity index (χ2v) is 8.09. The van der Waals surface area contributed by atoms with Crippen molar-refractivity contribution >= 4 is 15.8 Å². The molecular formula is C15H21NO3S. The number of sulfonamides is 1. The van der Waals surface area contributed by atoms with E-state index >= 15 is 0 Å². The maximum atomic E-state index is 12.6. The van der Waals surface area contributed by atoms with E-state index in [1.165, 1.54) is 17.3 Å².